The predicted molar refractivity (Wildman–Crippen MR) is 481 cm³/mol. The first-order valence-corrected chi connectivity index (χ1v) is 44.3. The molecular formula is C96H126B2BrF3N4O19. The minimum Gasteiger partial charge on any atom is -0.496 e. The molecule has 678 valence electrons. The van der Waals surface area contributed by atoms with E-state index in [0.717, 1.165) is 159 Å². The molecule has 29 heteroatoms. The first-order valence-electron chi connectivity index (χ1n) is 43.2. The molecule has 4 aliphatic heterocycles. The zero-order valence-electron chi connectivity index (χ0n) is 73.5. The van der Waals surface area contributed by atoms with E-state index in [0.29, 0.717) is 63.7 Å². The molecule has 0 radical (unpaired) electrons. The second-order valence-corrected chi connectivity index (χ2v) is 33.6. The number of amides is 4. The fraction of sp³-hybridized carbons (Fsp3) is 0.510. The zero-order chi connectivity index (χ0) is 89.3. The molecular weight excluding hydrogens is 1670 g/mol. The highest BCUT2D eigenvalue weighted by Gasteiger charge is 2.45. The normalized spacial score (nSPS) is 19.8. The molecule has 125 heavy (non-hydrogen) atoms. The van der Waals surface area contributed by atoms with Crippen LogP contribution in [0.5, 0.6) is 63.2 Å². The van der Waals surface area contributed by atoms with Crippen LogP contribution in [0.2, 0.25) is 13.6 Å². The predicted octanol–water partition coefficient (Wildman–Crippen LogP) is 17.9. The minimum absolute atomic E-state index is 0. The van der Waals surface area contributed by atoms with E-state index >= 15 is 0 Å². The van der Waals surface area contributed by atoms with Crippen molar-refractivity contribution >= 4 is 59.6 Å². The van der Waals surface area contributed by atoms with E-state index < -0.39 is 26.2 Å². The van der Waals surface area contributed by atoms with Gasteiger partial charge in [0.05, 0.1) is 80.1 Å². The molecule has 8 aliphatic rings. The summed E-state index contributed by atoms with van der Waals surface area (Å²) in [6.07, 6.45) is 16.7. The molecule has 6 unspecified atom stereocenters. The van der Waals surface area contributed by atoms with Crippen molar-refractivity contribution in [1.82, 2.24) is 20.3 Å². The monoisotopic (exact) mass is 1800 g/mol. The van der Waals surface area contributed by atoms with E-state index in [1.165, 1.54) is 67.3 Å². The smallest absolute Gasteiger partial charge is 0.490 e. The Kier molecular flexibility index (Phi) is 37.6. The zero-order valence-corrected chi connectivity index (χ0v) is 75.1. The number of hydrogen-bond donors (Lipinski definition) is 5. The number of carboxylic acids is 1. The van der Waals surface area contributed by atoms with Crippen LogP contribution in [0.15, 0.2) is 127 Å². The third-order valence-electron chi connectivity index (χ3n) is 24.5. The van der Waals surface area contributed by atoms with Gasteiger partial charge in [0, 0.05) is 73.9 Å². The molecule has 15 rings (SSSR count). The number of carbonyl (C=O) groups is 5. The fourth-order valence-electron chi connectivity index (χ4n) is 17.4. The lowest BCUT2D eigenvalue weighted by atomic mass is 9.84. The van der Waals surface area contributed by atoms with Crippen LogP contribution in [0, 0.1) is 32.6 Å². The van der Waals surface area contributed by atoms with Gasteiger partial charge in [0.25, 0.3) is 0 Å². The maximum Gasteiger partial charge on any atom is 0.490 e. The SMILES string of the molecule is C.COc1cc(CBr)ccc1C.COc1cc(CC2C(=O)N(B(C)O)CC2c2ccc(OC)c(OC3CCCC3)c2)ccc1C.COc1cc(CC2C(=O)NCC2c2ccc(OC)c(OC3CCCC3)c2)ccc1C.COc1ccc(C2CC(=O)N(B(C)O)C2)cc1OC1CCCC1.COc1ccc(C2CNC(=O)C2)cc1OC1CCCC1.O=C(O)C(F)(F)F. The first-order chi connectivity index (χ1) is 59.5. The molecule has 23 nitrogen and oxygen atoms in total. The third-order valence-corrected chi connectivity index (χ3v) is 25.1. The summed E-state index contributed by atoms with van der Waals surface area (Å²) < 4.78 is 94.5. The number of hydrogen-bond acceptors (Lipinski definition) is 18. The van der Waals surface area contributed by atoms with Crippen LogP contribution in [0.1, 0.15) is 202 Å². The maximum absolute atomic E-state index is 13.3. The Balaban J connectivity index is 0.000000178. The fourth-order valence-corrected chi connectivity index (χ4v) is 17.8. The van der Waals surface area contributed by atoms with Crippen molar-refractivity contribution in [2.24, 2.45) is 11.8 Å². The lowest BCUT2D eigenvalue weighted by Gasteiger charge is -2.21. The standard InChI is InChI=1S/C26H34BNO5.C25H31NO4.C17H24BNO4.C16H21NO3.C9H11BrO.C2HF3O2.CH4/c1-17-9-10-18(14-24(17)32-4)13-21-22(16-28(26(21)29)27(2)30)19-11-12-23(31-3)25(15-19)33-20-7-5-6-8-20;1-16-8-9-17(13-23(16)29-3)12-20-21(15-26-25(20)27)18-10-11-22(28-2)24(14-18)30-19-6-4-5-7-19;1-18(21)19-11-13(10-17(19)20)12-7-8-15(22-2)16(9-12)23-14-5-3-4-6-14;1-19-14-7-6-11(12-9-16(18)17-10-12)8-15(14)20-13-4-2-3-5-13;1-7-3-4-8(6-10)5-9(7)11-2;3-2(4,5)1(6)7;/h9-12,14-15,20-22,30H,5-8,13,16H2,1-4H3;8-11,13-14,19-21H,4-7,12,15H2,1-3H3,(H,26,27);7-9,13-14,21H,3-6,10-11H2,1-2H3;6-8,12-13H,2-5,9-10H2,1H3,(H,17,18);3-5H,6H2,1-2H3;(H,6,7);1H4. The number of methoxy groups -OCH3 is 7. The molecule has 0 aromatic heterocycles. The van der Waals surface area contributed by atoms with Crippen molar-refractivity contribution in [3.63, 3.8) is 0 Å². The van der Waals surface area contributed by atoms with Crippen molar-refractivity contribution in [2.75, 3.05) is 75.9 Å². The number of carboxylic acid groups (broad SMARTS) is 1. The second kappa shape index (κ2) is 47.5. The Hall–Kier alpha value is -9.99. The van der Waals surface area contributed by atoms with E-state index in [1.807, 2.05) is 106 Å². The van der Waals surface area contributed by atoms with Crippen LogP contribution in [-0.4, -0.2) is 175 Å². The number of nitrogens with zero attached hydrogens (tertiary/aromatic N) is 2. The highest BCUT2D eigenvalue weighted by Crippen LogP contribution is 2.45. The minimum atomic E-state index is -5.08. The lowest BCUT2D eigenvalue weighted by molar-refractivity contribution is -0.192. The van der Waals surface area contributed by atoms with Gasteiger partial charge in [-0.25, -0.2) is 4.79 Å². The summed E-state index contributed by atoms with van der Waals surface area (Å²) in [7, 11) is 10.1. The molecule has 4 aliphatic carbocycles. The highest BCUT2D eigenvalue weighted by atomic mass is 79.9. The summed E-state index contributed by atoms with van der Waals surface area (Å²) in [6, 6.07) is 42.5. The summed E-state index contributed by atoms with van der Waals surface area (Å²) in [5.74, 6) is 6.15. The van der Waals surface area contributed by atoms with Gasteiger partial charge in [0.15, 0.2) is 46.0 Å². The molecule has 4 amide bonds. The highest BCUT2D eigenvalue weighted by molar-refractivity contribution is 9.08. The van der Waals surface area contributed by atoms with Crippen LogP contribution in [0.3, 0.4) is 0 Å². The molecule has 4 saturated heterocycles. The molecule has 8 fully saturated rings. The van der Waals surface area contributed by atoms with Crippen molar-refractivity contribution in [3.05, 3.63) is 183 Å². The number of aliphatic carboxylic acids is 1. The summed E-state index contributed by atoms with van der Waals surface area (Å²) >= 11 is 3.39. The van der Waals surface area contributed by atoms with E-state index in [-0.39, 0.29) is 84.9 Å². The van der Waals surface area contributed by atoms with Crippen LogP contribution in [0.25, 0.3) is 0 Å². The average Bonchev–Trinajstić information content (AvgIpc) is 1.65. The molecule has 5 N–H and O–H groups in total. The molecule has 7 aromatic rings. The van der Waals surface area contributed by atoms with Gasteiger partial charge in [0.1, 0.15) is 17.2 Å². The summed E-state index contributed by atoms with van der Waals surface area (Å²) in [6.45, 7) is 11.7. The van der Waals surface area contributed by atoms with E-state index in [9.17, 15) is 42.4 Å². The largest absolute Gasteiger partial charge is 0.496 e. The Morgan fingerprint density at radius 1 is 0.432 bits per heavy atom. The van der Waals surface area contributed by atoms with Crippen molar-refractivity contribution in [1.29, 1.82) is 0 Å². The average molecular weight is 1800 g/mol. The van der Waals surface area contributed by atoms with Crippen LogP contribution in [0.4, 0.5) is 13.2 Å². The Labute approximate surface area is 744 Å². The maximum atomic E-state index is 13.3. The lowest BCUT2D eigenvalue weighted by Crippen LogP contribution is -2.39. The number of alkyl halides is 4. The number of ether oxygens (including phenoxy) is 11. The van der Waals surface area contributed by atoms with Crippen LogP contribution in [-0.2, 0) is 42.1 Å². The van der Waals surface area contributed by atoms with Crippen LogP contribution >= 0.6 is 15.9 Å². The van der Waals surface area contributed by atoms with Gasteiger partial charge in [-0.2, -0.15) is 13.2 Å². The second-order valence-electron chi connectivity index (χ2n) is 33.1. The van der Waals surface area contributed by atoms with E-state index in [1.54, 1.807) is 68.2 Å². The van der Waals surface area contributed by atoms with Gasteiger partial charge in [0.2, 0.25) is 23.6 Å². The molecule has 6 atom stereocenters. The molecule has 0 spiro atoms. The molecule has 4 heterocycles. The third kappa shape index (κ3) is 27.3. The number of nitrogens with one attached hydrogen (secondary N) is 2. The van der Waals surface area contributed by atoms with Gasteiger partial charge in [-0.05, 0) is 272 Å². The molecule has 0 bridgehead atoms. The van der Waals surface area contributed by atoms with Crippen molar-refractivity contribution in [3.8, 4) is 63.2 Å². The number of rotatable bonds is 26. The number of carbonyl (C=O) groups excluding carboxylic acids is 4. The number of aryl methyl sites for hydroxylation is 3. The van der Waals surface area contributed by atoms with Gasteiger partial charge in [-0.3, -0.25) is 19.2 Å². The number of benzene rings is 7. The van der Waals surface area contributed by atoms with Gasteiger partial charge >= 0.3 is 26.2 Å². The van der Waals surface area contributed by atoms with Crippen LogP contribution < -0.4 is 62.7 Å². The van der Waals surface area contributed by atoms with E-state index in [2.05, 4.69) is 69.0 Å². The molecule has 7 aromatic carbocycles. The summed E-state index contributed by atoms with van der Waals surface area (Å²) in [4.78, 5) is 61.3. The van der Waals surface area contributed by atoms with Gasteiger partial charge in [-0.15, -0.1) is 0 Å². The van der Waals surface area contributed by atoms with E-state index in [4.69, 9.17) is 62.0 Å². The van der Waals surface area contributed by atoms with Crippen molar-refractivity contribution in [2.45, 2.75) is 230 Å². The Bertz CT molecular complexity index is 4690. The topological polar surface area (TPSA) is 278 Å². The Morgan fingerprint density at radius 2 is 0.776 bits per heavy atom. The van der Waals surface area contributed by atoms with Gasteiger partial charge in [-0.1, -0.05) is 84.0 Å². The quantitative estimate of drug-likeness (QED) is 0.0249. The summed E-state index contributed by atoms with van der Waals surface area (Å²) in [5, 5.41) is 33.9. The Morgan fingerprint density at radius 3 is 1.12 bits per heavy atom. The molecule has 4 saturated carbocycles. The first kappa shape index (κ1) is 98.8. The van der Waals surface area contributed by atoms with Crippen molar-refractivity contribution < 1.29 is 104 Å². The summed E-state index contributed by atoms with van der Waals surface area (Å²) in [5.41, 5.74) is 11.1. The number of halogens is 4. The van der Waals surface area contributed by atoms with Gasteiger partial charge < -0.3 is 87.5 Å².